The number of hydrogen-bond donors (Lipinski definition) is 1. The van der Waals surface area contributed by atoms with Crippen molar-refractivity contribution in [3.8, 4) is 0 Å². The van der Waals surface area contributed by atoms with Gasteiger partial charge in [-0.3, -0.25) is 0 Å². The Labute approximate surface area is 115 Å². The molecule has 2 rings (SSSR count). The van der Waals surface area contributed by atoms with E-state index in [1.807, 2.05) is 7.05 Å². The number of rotatable bonds is 5. The van der Waals surface area contributed by atoms with Gasteiger partial charge in [0.2, 0.25) is 5.95 Å². The van der Waals surface area contributed by atoms with Crippen molar-refractivity contribution in [2.45, 2.75) is 40.0 Å². The Kier molecular flexibility index (Phi) is 4.34. The minimum Gasteiger partial charge on any atom is -0.339 e. The fraction of sp³-hybridized carbons (Fsp3) is 0.786. The van der Waals surface area contributed by atoms with Gasteiger partial charge in [0, 0.05) is 19.6 Å². The Morgan fingerprint density at radius 3 is 2.58 bits per heavy atom. The van der Waals surface area contributed by atoms with Crippen LogP contribution in [0.3, 0.4) is 0 Å². The van der Waals surface area contributed by atoms with Crippen molar-refractivity contribution in [2.75, 3.05) is 31.6 Å². The molecule has 0 amide bonds. The molecule has 0 spiro atoms. The maximum absolute atomic E-state index is 4.70. The summed E-state index contributed by atoms with van der Waals surface area (Å²) in [6.07, 6.45) is 3.00. The monoisotopic (exact) mass is 263 g/mol. The molecule has 19 heavy (non-hydrogen) atoms. The molecule has 0 aromatic carbocycles. The average Bonchev–Trinajstić information content (AvgIpc) is 2.80. The van der Waals surface area contributed by atoms with Gasteiger partial charge >= 0.3 is 0 Å². The van der Waals surface area contributed by atoms with Gasteiger partial charge in [0.15, 0.2) is 0 Å². The molecule has 1 unspecified atom stereocenters. The third-order valence-electron chi connectivity index (χ3n) is 3.94. The van der Waals surface area contributed by atoms with E-state index in [0.717, 1.165) is 49.8 Å². The van der Waals surface area contributed by atoms with Crippen molar-refractivity contribution in [1.29, 1.82) is 0 Å². The molecular weight excluding hydrogens is 238 g/mol. The Morgan fingerprint density at radius 1 is 1.21 bits per heavy atom. The highest BCUT2D eigenvalue weighted by atomic mass is 15.3. The van der Waals surface area contributed by atoms with Gasteiger partial charge in [-0.15, -0.1) is 5.10 Å². The van der Waals surface area contributed by atoms with Gasteiger partial charge in [-0.25, -0.2) is 4.98 Å². The molecule has 1 aromatic rings. The molecule has 0 saturated carbocycles. The molecule has 1 aliphatic heterocycles. The summed E-state index contributed by atoms with van der Waals surface area (Å²) >= 11 is 0. The molecule has 1 N–H and O–H groups in total. The van der Waals surface area contributed by atoms with E-state index in [1.165, 1.54) is 6.42 Å². The smallest absolute Gasteiger partial charge is 0.245 e. The van der Waals surface area contributed by atoms with Gasteiger partial charge in [-0.05, 0) is 31.7 Å². The lowest BCUT2D eigenvalue weighted by Crippen LogP contribution is -2.33. The molecule has 2 heterocycles. The van der Waals surface area contributed by atoms with Crippen LogP contribution in [-0.4, -0.2) is 41.9 Å². The van der Waals surface area contributed by atoms with E-state index in [1.54, 1.807) is 0 Å². The largest absolute Gasteiger partial charge is 0.339 e. The molecule has 1 atom stereocenters. The Hall–Kier alpha value is -1.23. The van der Waals surface area contributed by atoms with Crippen molar-refractivity contribution < 1.29 is 0 Å². The second kappa shape index (κ2) is 5.82. The first-order valence-corrected chi connectivity index (χ1v) is 7.24. The fourth-order valence-corrected chi connectivity index (χ4v) is 2.83. The van der Waals surface area contributed by atoms with Crippen molar-refractivity contribution in [2.24, 2.45) is 5.41 Å². The Morgan fingerprint density at radius 2 is 1.95 bits per heavy atom. The fourth-order valence-electron chi connectivity index (χ4n) is 2.83. The Balaban J connectivity index is 2.15. The highest BCUT2D eigenvalue weighted by Gasteiger charge is 2.34. The number of hydrogen-bond acceptors (Lipinski definition) is 5. The van der Waals surface area contributed by atoms with Crippen molar-refractivity contribution in [3.63, 3.8) is 0 Å². The van der Waals surface area contributed by atoms with E-state index in [2.05, 4.69) is 41.2 Å². The molecule has 0 radical (unpaired) electrons. The van der Waals surface area contributed by atoms with Gasteiger partial charge in [-0.2, -0.15) is 5.10 Å². The average molecular weight is 263 g/mol. The summed E-state index contributed by atoms with van der Waals surface area (Å²) in [4.78, 5) is 6.97. The van der Waals surface area contributed by atoms with Crippen LogP contribution >= 0.6 is 0 Å². The number of nitrogens with one attached hydrogen (secondary N) is 1. The maximum Gasteiger partial charge on any atom is 0.245 e. The zero-order valence-corrected chi connectivity index (χ0v) is 12.5. The van der Waals surface area contributed by atoms with Crippen LogP contribution in [0.5, 0.6) is 0 Å². The van der Waals surface area contributed by atoms with Gasteiger partial charge in [-0.1, -0.05) is 20.8 Å². The topological polar surface area (TPSA) is 53.9 Å². The summed E-state index contributed by atoms with van der Waals surface area (Å²) in [5.74, 6) is 0.800. The van der Waals surface area contributed by atoms with E-state index >= 15 is 0 Å². The van der Waals surface area contributed by atoms with Gasteiger partial charge in [0.25, 0.3) is 0 Å². The van der Waals surface area contributed by atoms with Gasteiger partial charge in [0.05, 0.1) is 11.4 Å². The third kappa shape index (κ3) is 3.03. The molecule has 0 aliphatic carbocycles. The SMILES string of the molecule is CCc1nnc(N2CCC(C)(CNC)C2)nc1CC. The van der Waals surface area contributed by atoms with Crippen LogP contribution in [0.4, 0.5) is 5.95 Å². The molecule has 5 heteroatoms. The van der Waals surface area contributed by atoms with E-state index in [-0.39, 0.29) is 0 Å². The highest BCUT2D eigenvalue weighted by molar-refractivity contribution is 5.33. The second-order valence-corrected chi connectivity index (χ2v) is 5.72. The molecule has 0 bridgehead atoms. The van der Waals surface area contributed by atoms with Gasteiger partial charge < -0.3 is 10.2 Å². The molecule has 5 nitrogen and oxygen atoms in total. The van der Waals surface area contributed by atoms with Crippen LogP contribution < -0.4 is 10.2 Å². The molecule has 1 aromatic heterocycles. The molecule has 1 saturated heterocycles. The predicted octanol–water partition coefficient (Wildman–Crippen LogP) is 1.43. The van der Waals surface area contributed by atoms with Crippen LogP contribution in [0.25, 0.3) is 0 Å². The van der Waals surface area contributed by atoms with Crippen LogP contribution in [0.15, 0.2) is 0 Å². The lowest BCUT2D eigenvalue weighted by molar-refractivity contribution is 0.355. The van der Waals surface area contributed by atoms with Crippen LogP contribution in [-0.2, 0) is 12.8 Å². The Bertz CT molecular complexity index is 434. The highest BCUT2D eigenvalue weighted by Crippen LogP contribution is 2.31. The number of aromatic nitrogens is 3. The first-order valence-electron chi connectivity index (χ1n) is 7.24. The minimum atomic E-state index is 0.313. The summed E-state index contributed by atoms with van der Waals surface area (Å²) in [6.45, 7) is 9.60. The summed E-state index contributed by atoms with van der Waals surface area (Å²) < 4.78 is 0. The first kappa shape index (κ1) is 14.2. The molecule has 1 fully saturated rings. The van der Waals surface area contributed by atoms with Crippen LogP contribution in [0, 0.1) is 5.41 Å². The zero-order chi connectivity index (χ0) is 13.9. The molecule has 106 valence electrons. The number of aryl methyl sites for hydroxylation is 2. The lowest BCUT2D eigenvalue weighted by atomic mass is 9.90. The van der Waals surface area contributed by atoms with Crippen molar-refractivity contribution in [1.82, 2.24) is 20.5 Å². The quantitative estimate of drug-likeness (QED) is 0.871. The standard InChI is InChI=1S/C14H25N5/c1-5-11-12(6-2)17-18-13(16-11)19-8-7-14(3,10-19)9-15-4/h15H,5-10H2,1-4H3. The molecular formula is C14H25N5. The summed E-state index contributed by atoms with van der Waals surface area (Å²) in [6, 6.07) is 0. The first-order chi connectivity index (χ1) is 9.11. The summed E-state index contributed by atoms with van der Waals surface area (Å²) in [7, 11) is 2.01. The lowest BCUT2D eigenvalue weighted by Gasteiger charge is -2.24. The zero-order valence-electron chi connectivity index (χ0n) is 12.5. The van der Waals surface area contributed by atoms with E-state index in [4.69, 9.17) is 4.98 Å². The van der Waals surface area contributed by atoms with Crippen molar-refractivity contribution >= 4 is 5.95 Å². The van der Waals surface area contributed by atoms with Crippen molar-refractivity contribution in [3.05, 3.63) is 11.4 Å². The van der Waals surface area contributed by atoms with Crippen LogP contribution in [0.2, 0.25) is 0 Å². The second-order valence-electron chi connectivity index (χ2n) is 5.72. The number of nitrogens with zero attached hydrogens (tertiary/aromatic N) is 4. The summed E-state index contributed by atoms with van der Waals surface area (Å²) in [5.41, 5.74) is 2.44. The van der Waals surface area contributed by atoms with E-state index in [9.17, 15) is 0 Å². The van der Waals surface area contributed by atoms with E-state index in [0.29, 0.717) is 5.41 Å². The van der Waals surface area contributed by atoms with E-state index < -0.39 is 0 Å². The van der Waals surface area contributed by atoms with Crippen LogP contribution in [0.1, 0.15) is 38.6 Å². The summed E-state index contributed by atoms with van der Waals surface area (Å²) in [5, 5.41) is 11.9. The molecule has 1 aliphatic rings. The minimum absolute atomic E-state index is 0.313. The third-order valence-corrected chi connectivity index (χ3v) is 3.94. The maximum atomic E-state index is 4.70. The predicted molar refractivity (Wildman–Crippen MR) is 77.4 cm³/mol. The van der Waals surface area contributed by atoms with Gasteiger partial charge in [0.1, 0.15) is 0 Å². The number of anilines is 1. The normalized spacial score (nSPS) is 23.1.